The number of aliphatic hydroxyl groups is 1. The number of nitrogens with zero attached hydrogens (tertiary/aromatic N) is 2. The van der Waals surface area contributed by atoms with Gasteiger partial charge in [-0.3, -0.25) is 4.57 Å². The van der Waals surface area contributed by atoms with Gasteiger partial charge in [0.2, 0.25) is 0 Å². The number of anilines is 1. The normalized spacial score (nSPS) is 25.3. The zero-order chi connectivity index (χ0) is 11.0. The van der Waals surface area contributed by atoms with Crippen LogP contribution in [0.3, 0.4) is 0 Å². The molecule has 0 saturated carbocycles. The van der Waals surface area contributed by atoms with Crippen LogP contribution in [0.2, 0.25) is 0 Å². The van der Waals surface area contributed by atoms with Crippen LogP contribution >= 0.6 is 0 Å². The predicted molar refractivity (Wildman–Crippen MR) is 51.8 cm³/mol. The number of nitrogens with two attached hydrogens (primary N) is 1. The average molecular weight is 211 g/mol. The molecule has 1 aliphatic rings. The molecule has 1 aromatic rings. The third kappa shape index (κ3) is 1.75. The summed E-state index contributed by atoms with van der Waals surface area (Å²) < 4.78 is 14.2. The van der Waals surface area contributed by atoms with Crippen LogP contribution < -0.4 is 11.4 Å². The lowest BCUT2D eigenvalue weighted by atomic mass is 10.2. The van der Waals surface area contributed by atoms with E-state index in [2.05, 4.69) is 4.98 Å². The molecule has 0 radical (unpaired) electrons. The average Bonchev–Trinajstić information content (AvgIpc) is 2.46. The van der Waals surface area contributed by atoms with Crippen LogP contribution in [-0.4, -0.2) is 20.8 Å². The minimum absolute atomic E-state index is 0.124. The first kappa shape index (κ1) is 9.85. The van der Waals surface area contributed by atoms with E-state index in [4.69, 9.17) is 5.73 Å². The standard InChI is InChI=1S/C9H10FN3O2/c10-6-3-5(4-7(6)14)13-2-1-8(11)12-9(13)15/h1-3,5,7,14H,4H2,(H2,11,12,15)/t5-,7+/m0/s1. The molecule has 0 aliphatic heterocycles. The summed E-state index contributed by atoms with van der Waals surface area (Å²) in [6.45, 7) is 0. The highest BCUT2D eigenvalue weighted by Crippen LogP contribution is 2.28. The summed E-state index contributed by atoms with van der Waals surface area (Å²) in [4.78, 5) is 14.9. The monoisotopic (exact) mass is 211 g/mol. The molecule has 2 rings (SSSR count). The van der Waals surface area contributed by atoms with E-state index in [1.54, 1.807) is 0 Å². The zero-order valence-electron chi connectivity index (χ0n) is 7.80. The molecule has 0 amide bonds. The van der Waals surface area contributed by atoms with E-state index >= 15 is 0 Å². The maximum absolute atomic E-state index is 12.9. The van der Waals surface area contributed by atoms with Crippen LogP contribution in [0.5, 0.6) is 0 Å². The van der Waals surface area contributed by atoms with Crippen LogP contribution in [0.1, 0.15) is 12.5 Å². The second-order valence-electron chi connectivity index (χ2n) is 3.41. The van der Waals surface area contributed by atoms with E-state index in [0.717, 1.165) is 0 Å². The number of hydrogen-bond donors (Lipinski definition) is 2. The fraction of sp³-hybridized carbons (Fsp3) is 0.333. The first-order valence-electron chi connectivity index (χ1n) is 4.48. The molecule has 1 heterocycles. The second-order valence-corrected chi connectivity index (χ2v) is 3.41. The fourth-order valence-corrected chi connectivity index (χ4v) is 1.58. The highest BCUT2D eigenvalue weighted by atomic mass is 19.1. The van der Waals surface area contributed by atoms with Crippen molar-refractivity contribution in [3.8, 4) is 0 Å². The van der Waals surface area contributed by atoms with Crippen molar-refractivity contribution in [3.05, 3.63) is 34.7 Å². The quantitative estimate of drug-likeness (QED) is 0.684. The zero-order valence-corrected chi connectivity index (χ0v) is 7.80. The lowest BCUT2D eigenvalue weighted by Crippen LogP contribution is -2.26. The lowest BCUT2D eigenvalue weighted by molar-refractivity contribution is 0.177. The summed E-state index contributed by atoms with van der Waals surface area (Å²) in [5.74, 6) is -0.483. The Labute approximate surface area is 84.7 Å². The number of nitrogen functional groups attached to an aromatic ring is 1. The van der Waals surface area contributed by atoms with Gasteiger partial charge in [0, 0.05) is 12.6 Å². The van der Waals surface area contributed by atoms with E-state index in [0.29, 0.717) is 0 Å². The summed E-state index contributed by atoms with van der Waals surface area (Å²) >= 11 is 0. The number of aliphatic hydroxyl groups excluding tert-OH is 1. The molecule has 0 bridgehead atoms. The molecule has 0 spiro atoms. The third-order valence-electron chi connectivity index (χ3n) is 2.34. The number of aromatic nitrogens is 2. The highest BCUT2D eigenvalue weighted by Gasteiger charge is 2.26. The molecule has 2 atom stereocenters. The third-order valence-corrected chi connectivity index (χ3v) is 2.34. The van der Waals surface area contributed by atoms with E-state index in [1.807, 2.05) is 0 Å². The molecule has 0 saturated heterocycles. The van der Waals surface area contributed by atoms with Crippen molar-refractivity contribution < 1.29 is 9.50 Å². The van der Waals surface area contributed by atoms with Gasteiger partial charge in [0.25, 0.3) is 0 Å². The molecule has 80 valence electrons. The molecule has 0 fully saturated rings. The Morgan fingerprint density at radius 2 is 2.40 bits per heavy atom. The van der Waals surface area contributed by atoms with Gasteiger partial charge in [-0.15, -0.1) is 0 Å². The van der Waals surface area contributed by atoms with Gasteiger partial charge in [-0.25, -0.2) is 9.18 Å². The Kier molecular flexibility index (Phi) is 2.28. The van der Waals surface area contributed by atoms with Crippen molar-refractivity contribution in [2.24, 2.45) is 0 Å². The minimum atomic E-state index is -1.13. The molecule has 15 heavy (non-hydrogen) atoms. The van der Waals surface area contributed by atoms with Gasteiger partial charge in [0.15, 0.2) is 0 Å². The summed E-state index contributed by atoms with van der Waals surface area (Å²) in [7, 11) is 0. The van der Waals surface area contributed by atoms with Gasteiger partial charge >= 0.3 is 5.69 Å². The summed E-state index contributed by atoms with van der Waals surface area (Å²) in [5, 5.41) is 9.17. The Hall–Kier alpha value is -1.69. The number of rotatable bonds is 1. The smallest absolute Gasteiger partial charge is 0.350 e. The van der Waals surface area contributed by atoms with Crippen molar-refractivity contribution in [2.45, 2.75) is 18.6 Å². The van der Waals surface area contributed by atoms with Crippen molar-refractivity contribution in [2.75, 3.05) is 5.73 Å². The van der Waals surface area contributed by atoms with Gasteiger partial charge in [-0.2, -0.15) is 4.98 Å². The lowest BCUT2D eigenvalue weighted by Gasteiger charge is -2.11. The van der Waals surface area contributed by atoms with Crippen LogP contribution in [0, 0.1) is 0 Å². The molecule has 1 aromatic heterocycles. The molecule has 6 heteroatoms. The van der Waals surface area contributed by atoms with Crippen molar-refractivity contribution in [1.82, 2.24) is 9.55 Å². The Morgan fingerprint density at radius 1 is 1.67 bits per heavy atom. The number of hydrogen-bond acceptors (Lipinski definition) is 4. The maximum atomic E-state index is 12.9. The van der Waals surface area contributed by atoms with E-state index in [9.17, 15) is 14.3 Å². The fourth-order valence-electron chi connectivity index (χ4n) is 1.58. The Bertz CT molecular complexity index is 469. The number of allylic oxidation sites excluding steroid dienone is 1. The van der Waals surface area contributed by atoms with Gasteiger partial charge in [0.05, 0.1) is 6.04 Å². The van der Waals surface area contributed by atoms with Crippen LogP contribution in [0.25, 0.3) is 0 Å². The van der Waals surface area contributed by atoms with Crippen molar-refractivity contribution >= 4 is 5.82 Å². The van der Waals surface area contributed by atoms with Crippen LogP contribution in [0.4, 0.5) is 10.2 Å². The van der Waals surface area contributed by atoms with Gasteiger partial charge < -0.3 is 10.8 Å². The van der Waals surface area contributed by atoms with Crippen LogP contribution in [0.15, 0.2) is 29.0 Å². The molecule has 0 unspecified atom stereocenters. The molecular formula is C9H10FN3O2. The highest BCUT2D eigenvalue weighted by molar-refractivity contribution is 5.24. The summed E-state index contributed by atoms with van der Waals surface area (Å²) in [6, 6.07) is 0.971. The van der Waals surface area contributed by atoms with Gasteiger partial charge in [-0.05, 0) is 12.1 Å². The molecule has 3 N–H and O–H groups in total. The first-order chi connectivity index (χ1) is 7.08. The van der Waals surface area contributed by atoms with E-state index in [-0.39, 0.29) is 12.2 Å². The van der Waals surface area contributed by atoms with Crippen molar-refractivity contribution in [3.63, 3.8) is 0 Å². The van der Waals surface area contributed by atoms with Gasteiger partial charge in [-0.1, -0.05) is 0 Å². The molecular weight excluding hydrogens is 201 g/mol. The second kappa shape index (κ2) is 3.47. The topological polar surface area (TPSA) is 81.1 Å². The Morgan fingerprint density at radius 3 is 2.93 bits per heavy atom. The van der Waals surface area contributed by atoms with Crippen LogP contribution in [-0.2, 0) is 0 Å². The van der Waals surface area contributed by atoms with E-state index < -0.39 is 23.7 Å². The first-order valence-corrected chi connectivity index (χ1v) is 4.48. The Balaban J connectivity index is 2.36. The largest absolute Gasteiger partial charge is 0.386 e. The van der Waals surface area contributed by atoms with E-state index in [1.165, 1.54) is 22.9 Å². The molecule has 5 nitrogen and oxygen atoms in total. The molecule has 0 aromatic carbocycles. The predicted octanol–water partition coefficient (Wildman–Crippen LogP) is -0.0154. The van der Waals surface area contributed by atoms with Gasteiger partial charge in [0.1, 0.15) is 17.7 Å². The summed E-state index contributed by atoms with van der Waals surface area (Å²) in [6.07, 6.45) is 1.68. The SMILES string of the molecule is Nc1ccn([C@H]2C=C(F)[C@H](O)C2)c(=O)n1. The maximum Gasteiger partial charge on any atom is 0.350 e. The summed E-state index contributed by atoms with van der Waals surface area (Å²) in [5.41, 5.74) is 4.77. The minimum Gasteiger partial charge on any atom is -0.386 e. The van der Waals surface area contributed by atoms with Crippen molar-refractivity contribution in [1.29, 1.82) is 0 Å². The molecule has 1 aliphatic carbocycles. The number of halogens is 1.